The van der Waals surface area contributed by atoms with Crippen LogP contribution in [0.1, 0.15) is 22.5 Å². The lowest BCUT2D eigenvalue weighted by Gasteiger charge is -2.34. The minimum absolute atomic E-state index is 0.0182. The maximum atomic E-state index is 13.8. The molecule has 138 valence electrons. The predicted octanol–water partition coefficient (Wildman–Crippen LogP) is 4.78. The van der Waals surface area contributed by atoms with Crippen LogP contribution in [0.15, 0.2) is 60.8 Å². The Kier molecular flexibility index (Phi) is 5.27. The molecule has 0 saturated carbocycles. The molecular formula is C21H19FN2O2S. The molecule has 1 aliphatic rings. The summed E-state index contributed by atoms with van der Waals surface area (Å²) in [6.45, 7) is 1.20. The van der Waals surface area contributed by atoms with Crippen molar-refractivity contribution in [3.05, 3.63) is 71.5 Å². The van der Waals surface area contributed by atoms with Gasteiger partial charge in [0.2, 0.25) is 0 Å². The van der Waals surface area contributed by atoms with E-state index < -0.39 is 0 Å². The van der Waals surface area contributed by atoms with E-state index in [0.29, 0.717) is 23.8 Å². The van der Waals surface area contributed by atoms with Gasteiger partial charge in [0, 0.05) is 30.5 Å². The van der Waals surface area contributed by atoms with Crippen LogP contribution in [0.4, 0.5) is 10.1 Å². The summed E-state index contributed by atoms with van der Waals surface area (Å²) in [7, 11) is 0. The fourth-order valence-corrected chi connectivity index (χ4v) is 4.13. The van der Waals surface area contributed by atoms with Gasteiger partial charge in [0.05, 0.1) is 6.20 Å². The van der Waals surface area contributed by atoms with Crippen molar-refractivity contribution in [2.75, 3.05) is 18.1 Å². The Morgan fingerprint density at radius 3 is 2.63 bits per heavy atom. The van der Waals surface area contributed by atoms with Crippen LogP contribution < -0.4 is 4.90 Å². The van der Waals surface area contributed by atoms with Gasteiger partial charge in [0.15, 0.2) is 0 Å². The highest BCUT2D eigenvalue weighted by Crippen LogP contribution is 2.30. The third kappa shape index (κ3) is 3.91. The molecule has 1 amide bonds. The molecule has 0 bridgehead atoms. The van der Waals surface area contributed by atoms with Crippen LogP contribution in [-0.2, 0) is 4.74 Å². The monoisotopic (exact) mass is 382 g/mol. The molecule has 1 aliphatic heterocycles. The Morgan fingerprint density at radius 1 is 1.11 bits per heavy atom. The average molecular weight is 382 g/mol. The number of nitrogens with zero attached hydrogens (tertiary/aromatic N) is 2. The smallest absolute Gasteiger partial charge is 0.270 e. The topological polar surface area (TPSA) is 42.4 Å². The van der Waals surface area contributed by atoms with Gasteiger partial charge >= 0.3 is 0 Å². The summed E-state index contributed by atoms with van der Waals surface area (Å²) >= 11 is 1.36. The molecule has 0 unspecified atom stereocenters. The van der Waals surface area contributed by atoms with E-state index in [-0.39, 0.29) is 17.8 Å². The number of carbonyl (C=O) groups is 1. The van der Waals surface area contributed by atoms with Gasteiger partial charge in [-0.15, -0.1) is 11.3 Å². The van der Waals surface area contributed by atoms with Crippen molar-refractivity contribution in [1.82, 2.24) is 4.98 Å². The van der Waals surface area contributed by atoms with Crippen molar-refractivity contribution in [3.63, 3.8) is 0 Å². The second-order valence-corrected chi connectivity index (χ2v) is 7.42. The first kappa shape index (κ1) is 17.8. The number of carbonyl (C=O) groups excluding carboxylic acids is 1. The van der Waals surface area contributed by atoms with Crippen LogP contribution in [0, 0.1) is 5.82 Å². The van der Waals surface area contributed by atoms with Gasteiger partial charge in [-0.3, -0.25) is 4.79 Å². The number of halogens is 1. The van der Waals surface area contributed by atoms with Gasteiger partial charge in [0.1, 0.15) is 15.7 Å². The Balaban J connectivity index is 1.67. The highest BCUT2D eigenvalue weighted by Gasteiger charge is 2.29. The molecule has 0 N–H and O–H groups in total. The maximum Gasteiger partial charge on any atom is 0.270 e. The minimum Gasteiger partial charge on any atom is -0.381 e. The fourth-order valence-electron chi connectivity index (χ4n) is 3.27. The molecular weight excluding hydrogens is 363 g/mol. The summed E-state index contributed by atoms with van der Waals surface area (Å²) in [4.78, 5) is 20.0. The number of ether oxygens (including phenoxy) is 1. The lowest BCUT2D eigenvalue weighted by Crippen LogP contribution is -2.43. The Labute approximate surface area is 161 Å². The van der Waals surface area contributed by atoms with Crippen LogP contribution in [0.3, 0.4) is 0 Å². The van der Waals surface area contributed by atoms with Crippen molar-refractivity contribution in [3.8, 4) is 10.6 Å². The Hall–Kier alpha value is -2.57. The number of hydrogen-bond acceptors (Lipinski definition) is 4. The highest BCUT2D eigenvalue weighted by molar-refractivity contribution is 7.17. The molecule has 0 aliphatic carbocycles. The molecule has 0 radical (unpaired) electrons. The molecule has 1 fully saturated rings. The summed E-state index contributed by atoms with van der Waals surface area (Å²) in [5, 5.41) is 0.796. The van der Waals surface area contributed by atoms with Gasteiger partial charge in [-0.05, 0) is 31.0 Å². The van der Waals surface area contributed by atoms with E-state index in [0.717, 1.165) is 23.4 Å². The highest BCUT2D eigenvalue weighted by atomic mass is 32.1. The van der Waals surface area contributed by atoms with Crippen molar-refractivity contribution >= 4 is 22.9 Å². The lowest BCUT2D eigenvalue weighted by molar-refractivity contribution is 0.0773. The predicted molar refractivity (Wildman–Crippen MR) is 105 cm³/mol. The van der Waals surface area contributed by atoms with Gasteiger partial charge < -0.3 is 9.64 Å². The molecule has 4 nitrogen and oxygen atoms in total. The van der Waals surface area contributed by atoms with E-state index in [1.807, 2.05) is 30.3 Å². The normalized spacial score (nSPS) is 14.9. The molecule has 3 aromatic rings. The number of rotatable bonds is 4. The number of aromatic nitrogens is 1. The molecule has 2 heterocycles. The van der Waals surface area contributed by atoms with Gasteiger partial charge in [0.25, 0.3) is 5.91 Å². The summed E-state index contributed by atoms with van der Waals surface area (Å²) in [6.07, 6.45) is 3.07. The van der Waals surface area contributed by atoms with E-state index in [1.165, 1.54) is 23.5 Å². The number of benzene rings is 2. The molecule has 1 saturated heterocycles. The zero-order valence-corrected chi connectivity index (χ0v) is 15.5. The first-order valence-electron chi connectivity index (χ1n) is 8.90. The van der Waals surface area contributed by atoms with Crippen LogP contribution in [-0.4, -0.2) is 30.1 Å². The van der Waals surface area contributed by atoms with Crippen LogP contribution >= 0.6 is 11.3 Å². The molecule has 1 aromatic heterocycles. The quantitative estimate of drug-likeness (QED) is 0.652. The van der Waals surface area contributed by atoms with E-state index in [4.69, 9.17) is 4.74 Å². The Morgan fingerprint density at radius 2 is 1.89 bits per heavy atom. The lowest BCUT2D eigenvalue weighted by atomic mass is 10.1. The molecule has 0 spiro atoms. The molecule has 2 aromatic carbocycles. The first-order valence-corrected chi connectivity index (χ1v) is 9.72. The van der Waals surface area contributed by atoms with E-state index in [9.17, 15) is 9.18 Å². The summed E-state index contributed by atoms with van der Waals surface area (Å²) < 4.78 is 19.2. The number of thiazole rings is 1. The summed E-state index contributed by atoms with van der Waals surface area (Å²) in [5.74, 6) is -0.501. The van der Waals surface area contributed by atoms with Gasteiger partial charge in [-0.25, -0.2) is 9.37 Å². The minimum atomic E-state index is -0.355. The van der Waals surface area contributed by atoms with Crippen LogP contribution in [0.2, 0.25) is 0 Å². The van der Waals surface area contributed by atoms with E-state index in [1.54, 1.807) is 23.2 Å². The van der Waals surface area contributed by atoms with Crippen molar-refractivity contribution in [2.45, 2.75) is 18.9 Å². The molecule has 6 heteroatoms. The number of amides is 1. The second-order valence-electron chi connectivity index (χ2n) is 6.39. The van der Waals surface area contributed by atoms with Crippen molar-refractivity contribution < 1.29 is 13.9 Å². The zero-order valence-electron chi connectivity index (χ0n) is 14.7. The number of hydrogen-bond donors (Lipinski definition) is 0. The standard InChI is InChI=1S/C21H19FN2O2S/c22-16-7-4-8-18(13-16)24(17-9-11-26-12-10-17)21(25)19-14-23-20(27-19)15-5-2-1-3-6-15/h1-8,13-14,17H,9-12H2. The molecule has 4 rings (SSSR count). The van der Waals surface area contributed by atoms with Crippen molar-refractivity contribution in [2.24, 2.45) is 0 Å². The van der Waals surface area contributed by atoms with Gasteiger partial charge in [-0.2, -0.15) is 0 Å². The third-order valence-electron chi connectivity index (χ3n) is 4.60. The first-order chi connectivity index (χ1) is 13.2. The molecule has 27 heavy (non-hydrogen) atoms. The average Bonchev–Trinajstić information content (AvgIpc) is 3.20. The summed E-state index contributed by atoms with van der Waals surface area (Å²) in [5.41, 5.74) is 1.55. The van der Waals surface area contributed by atoms with Crippen LogP contribution in [0.25, 0.3) is 10.6 Å². The van der Waals surface area contributed by atoms with E-state index >= 15 is 0 Å². The third-order valence-corrected chi connectivity index (χ3v) is 5.63. The SMILES string of the molecule is O=C(c1cnc(-c2ccccc2)s1)N(c1cccc(F)c1)C1CCOCC1. The maximum absolute atomic E-state index is 13.8. The van der Waals surface area contributed by atoms with Crippen molar-refractivity contribution in [1.29, 1.82) is 0 Å². The second kappa shape index (κ2) is 7.98. The number of anilines is 1. The summed E-state index contributed by atoms with van der Waals surface area (Å²) in [6, 6.07) is 15.9. The largest absolute Gasteiger partial charge is 0.381 e. The van der Waals surface area contributed by atoms with Crippen LogP contribution in [0.5, 0.6) is 0 Å². The van der Waals surface area contributed by atoms with Gasteiger partial charge in [-0.1, -0.05) is 36.4 Å². The Bertz CT molecular complexity index is 923. The zero-order chi connectivity index (χ0) is 18.6. The fraction of sp³-hybridized carbons (Fsp3) is 0.238. The molecule has 0 atom stereocenters. The van der Waals surface area contributed by atoms with E-state index in [2.05, 4.69) is 4.98 Å².